The van der Waals surface area contributed by atoms with E-state index in [0.717, 1.165) is 0 Å². The summed E-state index contributed by atoms with van der Waals surface area (Å²) >= 11 is 8.92. The second-order valence-corrected chi connectivity index (χ2v) is 3.87. The summed E-state index contributed by atoms with van der Waals surface area (Å²) in [5, 5.41) is 9.09. The minimum absolute atomic E-state index is 0.459. The molecule has 0 saturated carbocycles. The third-order valence-electron chi connectivity index (χ3n) is 1.51. The van der Waals surface area contributed by atoms with Crippen LogP contribution in [0.3, 0.4) is 0 Å². The molecule has 0 aromatic heterocycles. The van der Waals surface area contributed by atoms with Crippen LogP contribution in [0.1, 0.15) is 11.6 Å². The predicted molar refractivity (Wildman–Crippen MR) is 53.7 cm³/mol. The van der Waals surface area contributed by atoms with Crippen molar-refractivity contribution >= 4 is 33.5 Å². The highest BCUT2D eigenvalue weighted by Gasteiger charge is 2.14. The van der Waals surface area contributed by atoms with Crippen LogP contribution >= 0.6 is 27.5 Å². The second-order valence-electron chi connectivity index (χ2n) is 2.52. The third-order valence-corrected chi connectivity index (χ3v) is 2.19. The molecule has 0 radical (unpaired) electrons. The molecule has 70 valence electrons. The number of hydrogen-bond donors (Lipinski definition) is 2. The summed E-state index contributed by atoms with van der Waals surface area (Å²) in [5.41, 5.74) is 5.88. The topological polar surface area (TPSA) is 63.3 Å². The van der Waals surface area contributed by atoms with Crippen LogP contribution in [0.2, 0.25) is 5.02 Å². The summed E-state index contributed by atoms with van der Waals surface area (Å²) in [5.74, 6) is -1.07. The van der Waals surface area contributed by atoms with Crippen molar-refractivity contribution in [3.8, 4) is 0 Å². The maximum atomic E-state index is 10.5. The number of hydrogen-bond acceptors (Lipinski definition) is 2. The molecule has 1 aromatic rings. The molecule has 0 aliphatic carbocycles. The molecule has 0 amide bonds. The molecule has 1 atom stereocenters. The van der Waals surface area contributed by atoms with Crippen LogP contribution < -0.4 is 5.73 Å². The van der Waals surface area contributed by atoms with Crippen molar-refractivity contribution in [3.05, 3.63) is 33.3 Å². The first kappa shape index (κ1) is 10.5. The average molecular weight is 265 g/mol. The van der Waals surface area contributed by atoms with Crippen molar-refractivity contribution in [1.29, 1.82) is 0 Å². The van der Waals surface area contributed by atoms with Gasteiger partial charge in [-0.3, -0.25) is 4.79 Å². The van der Waals surface area contributed by atoms with Gasteiger partial charge in [0.15, 0.2) is 0 Å². The lowest BCUT2D eigenvalue weighted by atomic mass is 10.1. The molecule has 0 spiro atoms. The van der Waals surface area contributed by atoms with Gasteiger partial charge in [-0.1, -0.05) is 27.5 Å². The number of aliphatic carboxylic acids is 1. The minimum Gasteiger partial charge on any atom is -0.480 e. The standard InChI is InChI=1S/C8H7BrClNO2/c9-5-1-4(2-6(10)3-5)7(11)8(12)13/h1-3,7H,11H2,(H,12,13). The molecular weight excluding hydrogens is 257 g/mol. The quantitative estimate of drug-likeness (QED) is 0.860. The Morgan fingerprint density at radius 3 is 2.62 bits per heavy atom. The lowest BCUT2D eigenvalue weighted by Crippen LogP contribution is -2.20. The largest absolute Gasteiger partial charge is 0.480 e. The number of halogens is 2. The van der Waals surface area contributed by atoms with Crippen LogP contribution in [0.4, 0.5) is 0 Å². The Bertz CT molecular complexity index is 323. The van der Waals surface area contributed by atoms with Crippen LogP contribution in [-0.4, -0.2) is 11.1 Å². The van der Waals surface area contributed by atoms with Gasteiger partial charge >= 0.3 is 5.97 Å². The summed E-state index contributed by atoms with van der Waals surface area (Å²) in [4.78, 5) is 10.5. The first-order valence-electron chi connectivity index (χ1n) is 3.45. The van der Waals surface area contributed by atoms with Gasteiger partial charge in [0.25, 0.3) is 0 Å². The minimum atomic E-state index is -1.07. The first-order chi connectivity index (χ1) is 6.00. The molecule has 1 rings (SSSR count). The summed E-state index contributed by atoms with van der Waals surface area (Å²) in [6.45, 7) is 0. The van der Waals surface area contributed by atoms with Gasteiger partial charge in [0, 0.05) is 9.50 Å². The van der Waals surface area contributed by atoms with Crippen molar-refractivity contribution in [2.45, 2.75) is 6.04 Å². The van der Waals surface area contributed by atoms with E-state index in [1.54, 1.807) is 12.1 Å². The van der Waals surface area contributed by atoms with Gasteiger partial charge in [0.2, 0.25) is 0 Å². The van der Waals surface area contributed by atoms with Crippen LogP contribution in [0, 0.1) is 0 Å². The molecule has 13 heavy (non-hydrogen) atoms. The number of benzene rings is 1. The number of carboxylic acids is 1. The van der Waals surface area contributed by atoms with Crippen molar-refractivity contribution in [2.24, 2.45) is 5.73 Å². The van der Waals surface area contributed by atoms with Gasteiger partial charge in [-0.05, 0) is 23.8 Å². The lowest BCUT2D eigenvalue weighted by molar-refractivity contribution is -0.138. The Morgan fingerprint density at radius 2 is 2.15 bits per heavy atom. The monoisotopic (exact) mass is 263 g/mol. The van der Waals surface area contributed by atoms with Gasteiger partial charge in [0.1, 0.15) is 6.04 Å². The Kier molecular flexibility index (Phi) is 3.30. The van der Waals surface area contributed by atoms with E-state index in [0.29, 0.717) is 15.1 Å². The van der Waals surface area contributed by atoms with E-state index in [-0.39, 0.29) is 0 Å². The van der Waals surface area contributed by atoms with Crippen LogP contribution in [0.15, 0.2) is 22.7 Å². The summed E-state index contributed by atoms with van der Waals surface area (Å²) < 4.78 is 0.715. The number of nitrogens with two attached hydrogens (primary N) is 1. The fourth-order valence-corrected chi connectivity index (χ4v) is 1.78. The van der Waals surface area contributed by atoms with E-state index in [1.165, 1.54) is 6.07 Å². The van der Waals surface area contributed by atoms with E-state index >= 15 is 0 Å². The molecule has 1 aromatic carbocycles. The number of carboxylic acid groups (broad SMARTS) is 1. The zero-order valence-corrected chi connectivity index (χ0v) is 8.84. The molecule has 5 heteroatoms. The molecule has 0 aliphatic rings. The predicted octanol–water partition coefficient (Wildman–Crippen LogP) is 2.19. The fraction of sp³-hybridized carbons (Fsp3) is 0.125. The molecule has 0 saturated heterocycles. The maximum Gasteiger partial charge on any atom is 0.325 e. The van der Waals surface area contributed by atoms with Crippen LogP contribution in [0.5, 0.6) is 0 Å². The van der Waals surface area contributed by atoms with Gasteiger partial charge in [-0.2, -0.15) is 0 Å². The van der Waals surface area contributed by atoms with Gasteiger partial charge in [-0.25, -0.2) is 0 Å². The van der Waals surface area contributed by atoms with Crippen molar-refractivity contribution in [2.75, 3.05) is 0 Å². The Hall–Kier alpha value is -0.580. The van der Waals surface area contributed by atoms with Crippen molar-refractivity contribution in [3.63, 3.8) is 0 Å². The zero-order chi connectivity index (χ0) is 10.0. The SMILES string of the molecule is NC(C(=O)O)c1cc(Cl)cc(Br)c1. The zero-order valence-electron chi connectivity index (χ0n) is 6.50. The molecule has 0 heterocycles. The van der Waals surface area contributed by atoms with Gasteiger partial charge in [-0.15, -0.1) is 0 Å². The molecule has 3 nitrogen and oxygen atoms in total. The first-order valence-corrected chi connectivity index (χ1v) is 4.62. The maximum absolute atomic E-state index is 10.5. The van der Waals surface area contributed by atoms with Gasteiger partial charge < -0.3 is 10.8 Å². The van der Waals surface area contributed by atoms with Gasteiger partial charge in [0.05, 0.1) is 0 Å². The Labute approximate surface area is 88.6 Å². The summed E-state index contributed by atoms with van der Waals surface area (Å²) in [6, 6.07) is 3.80. The molecule has 0 bridgehead atoms. The fourth-order valence-electron chi connectivity index (χ4n) is 0.897. The summed E-state index contributed by atoms with van der Waals surface area (Å²) in [7, 11) is 0. The van der Waals surface area contributed by atoms with Crippen LogP contribution in [-0.2, 0) is 4.79 Å². The van der Waals surface area contributed by atoms with E-state index < -0.39 is 12.0 Å². The van der Waals surface area contributed by atoms with Crippen molar-refractivity contribution < 1.29 is 9.90 Å². The van der Waals surface area contributed by atoms with Crippen molar-refractivity contribution in [1.82, 2.24) is 0 Å². The molecular formula is C8H7BrClNO2. The molecule has 3 N–H and O–H groups in total. The highest BCUT2D eigenvalue weighted by atomic mass is 79.9. The highest BCUT2D eigenvalue weighted by Crippen LogP contribution is 2.22. The highest BCUT2D eigenvalue weighted by molar-refractivity contribution is 9.10. The summed E-state index contributed by atoms with van der Waals surface area (Å²) in [6.07, 6.45) is 0. The lowest BCUT2D eigenvalue weighted by Gasteiger charge is -2.07. The second kappa shape index (κ2) is 4.09. The smallest absolute Gasteiger partial charge is 0.325 e. The molecule has 1 unspecified atom stereocenters. The average Bonchev–Trinajstić information content (AvgIpc) is 2.01. The third kappa shape index (κ3) is 2.69. The van der Waals surface area contributed by atoms with Crippen LogP contribution in [0.25, 0.3) is 0 Å². The van der Waals surface area contributed by atoms with E-state index in [9.17, 15) is 4.79 Å². The van der Waals surface area contributed by atoms with E-state index in [4.69, 9.17) is 22.4 Å². The number of rotatable bonds is 2. The Balaban J connectivity index is 3.07. The Morgan fingerprint density at radius 1 is 1.54 bits per heavy atom. The molecule has 0 fully saturated rings. The van der Waals surface area contributed by atoms with E-state index in [2.05, 4.69) is 15.9 Å². The molecule has 0 aliphatic heterocycles. The van der Waals surface area contributed by atoms with E-state index in [1.807, 2.05) is 0 Å². The number of carbonyl (C=O) groups is 1. The normalized spacial score (nSPS) is 12.5.